The van der Waals surface area contributed by atoms with E-state index in [1.165, 1.54) is 5.30 Å². The molecule has 0 heterocycles. The highest BCUT2D eigenvalue weighted by atomic mass is 32.2. The summed E-state index contributed by atoms with van der Waals surface area (Å²) in [6, 6.07) is 17.3. The van der Waals surface area contributed by atoms with Gasteiger partial charge in [0.05, 0.1) is 4.90 Å². The van der Waals surface area contributed by atoms with Gasteiger partial charge < -0.3 is 4.55 Å². The lowest BCUT2D eigenvalue weighted by molar-refractivity contribution is 0.564. The molecule has 0 bridgehead atoms. The van der Waals surface area contributed by atoms with E-state index < -0.39 is 11.1 Å². The van der Waals surface area contributed by atoms with Gasteiger partial charge in [0.15, 0.2) is 11.1 Å². The second-order valence-corrected chi connectivity index (χ2v) is 5.64. The summed E-state index contributed by atoms with van der Waals surface area (Å²) >= 11 is -1.89. The van der Waals surface area contributed by atoms with Crippen LogP contribution in [0.3, 0.4) is 0 Å². The number of hydrogen-bond acceptors (Lipinski definition) is 1. The van der Waals surface area contributed by atoms with Crippen molar-refractivity contribution in [3.63, 3.8) is 0 Å². The van der Waals surface area contributed by atoms with Crippen molar-refractivity contribution in [1.82, 2.24) is 0 Å². The molecule has 0 aliphatic carbocycles. The van der Waals surface area contributed by atoms with Crippen LogP contribution in [0.15, 0.2) is 59.5 Å². The number of hydrogen-bond donors (Lipinski definition) is 1. The summed E-state index contributed by atoms with van der Waals surface area (Å²) in [5.41, 5.74) is 0. The first-order chi connectivity index (χ1) is 7.75. The van der Waals surface area contributed by atoms with Gasteiger partial charge in [-0.2, -0.15) is 0 Å². The SMILES string of the molecule is O=S(O)c1cccc(Pc2ccccc2)c1. The molecular weight excluding hydrogens is 239 g/mol. The second-order valence-electron chi connectivity index (χ2n) is 3.27. The molecule has 0 saturated heterocycles. The van der Waals surface area contributed by atoms with Gasteiger partial charge in [-0.05, 0) is 22.7 Å². The molecule has 0 aromatic heterocycles. The van der Waals surface area contributed by atoms with Gasteiger partial charge >= 0.3 is 0 Å². The van der Waals surface area contributed by atoms with Gasteiger partial charge in [-0.15, -0.1) is 0 Å². The third-order valence-electron chi connectivity index (χ3n) is 2.10. The van der Waals surface area contributed by atoms with Crippen LogP contribution in [0.2, 0.25) is 0 Å². The molecule has 0 saturated carbocycles. The lowest BCUT2D eigenvalue weighted by Crippen LogP contribution is -2.04. The van der Waals surface area contributed by atoms with E-state index in [2.05, 4.69) is 12.1 Å². The van der Waals surface area contributed by atoms with E-state index in [1.54, 1.807) is 12.1 Å². The quantitative estimate of drug-likeness (QED) is 0.667. The van der Waals surface area contributed by atoms with Gasteiger partial charge in [-0.25, -0.2) is 4.21 Å². The van der Waals surface area contributed by atoms with E-state index in [1.807, 2.05) is 30.3 Å². The molecule has 2 aromatic carbocycles. The van der Waals surface area contributed by atoms with Crippen molar-refractivity contribution in [2.75, 3.05) is 0 Å². The summed E-state index contributed by atoms with van der Waals surface area (Å²) < 4.78 is 19.9. The van der Waals surface area contributed by atoms with Crippen LogP contribution >= 0.6 is 8.58 Å². The zero-order valence-electron chi connectivity index (χ0n) is 8.46. The third kappa shape index (κ3) is 2.99. The van der Waals surface area contributed by atoms with Crippen LogP contribution in [-0.2, 0) is 11.1 Å². The van der Waals surface area contributed by atoms with Gasteiger partial charge in [-0.1, -0.05) is 51.0 Å². The van der Waals surface area contributed by atoms with Gasteiger partial charge in [0.1, 0.15) is 0 Å². The Bertz CT molecular complexity index is 499. The predicted molar refractivity (Wildman–Crippen MR) is 69.5 cm³/mol. The lowest BCUT2D eigenvalue weighted by atomic mass is 10.4. The molecule has 2 nitrogen and oxygen atoms in total. The number of benzene rings is 2. The molecule has 0 aliphatic heterocycles. The van der Waals surface area contributed by atoms with E-state index >= 15 is 0 Å². The Morgan fingerprint density at radius 2 is 1.62 bits per heavy atom. The Labute approximate surface area is 98.8 Å². The van der Waals surface area contributed by atoms with Crippen molar-refractivity contribution in [1.29, 1.82) is 0 Å². The molecule has 0 spiro atoms. The summed E-state index contributed by atoms with van der Waals surface area (Å²) in [5, 5.41) is 2.30. The van der Waals surface area contributed by atoms with Gasteiger partial charge in [-0.3, -0.25) is 0 Å². The molecule has 0 aliphatic rings. The van der Waals surface area contributed by atoms with Gasteiger partial charge in [0.2, 0.25) is 0 Å². The molecule has 0 amide bonds. The fraction of sp³-hybridized carbons (Fsp3) is 0. The molecule has 2 rings (SSSR count). The van der Waals surface area contributed by atoms with E-state index in [9.17, 15) is 4.21 Å². The van der Waals surface area contributed by atoms with Crippen LogP contribution in [0.1, 0.15) is 0 Å². The normalized spacial score (nSPS) is 13.1. The van der Waals surface area contributed by atoms with Crippen molar-refractivity contribution in [3.05, 3.63) is 54.6 Å². The topological polar surface area (TPSA) is 37.3 Å². The molecule has 82 valence electrons. The van der Waals surface area contributed by atoms with E-state index in [0.717, 1.165) is 5.30 Å². The van der Waals surface area contributed by atoms with Crippen LogP contribution in [0.25, 0.3) is 0 Å². The van der Waals surface area contributed by atoms with Crippen molar-refractivity contribution in [3.8, 4) is 0 Å². The maximum Gasteiger partial charge on any atom is 0.186 e. The molecular formula is C12H11O2PS. The van der Waals surface area contributed by atoms with Gasteiger partial charge in [0.25, 0.3) is 0 Å². The van der Waals surface area contributed by atoms with Crippen molar-refractivity contribution >= 4 is 30.3 Å². The molecule has 2 aromatic rings. The fourth-order valence-corrected chi connectivity index (χ4v) is 3.00. The van der Waals surface area contributed by atoms with Crippen LogP contribution in [0.4, 0.5) is 0 Å². The molecule has 0 fully saturated rings. The maximum atomic E-state index is 10.9. The Hall–Kier alpha value is -1.02. The molecule has 4 heteroatoms. The summed E-state index contributed by atoms with van der Waals surface area (Å²) in [4.78, 5) is 0.459. The van der Waals surface area contributed by atoms with Crippen LogP contribution in [-0.4, -0.2) is 8.76 Å². The van der Waals surface area contributed by atoms with Crippen LogP contribution in [0, 0.1) is 0 Å². The first-order valence-electron chi connectivity index (χ1n) is 4.79. The largest absolute Gasteiger partial charge is 0.302 e. The minimum atomic E-state index is -1.89. The zero-order chi connectivity index (χ0) is 11.4. The predicted octanol–water partition coefficient (Wildman–Crippen LogP) is 1.90. The van der Waals surface area contributed by atoms with Gasteiger partial charge in [0, 0.05) is 0 Å². The number of rotatable bonds is 3. The average Bonchev–Trinajstić information content (AvgIpc) is 2.30. The first-order valence-corrected chi connectivity index (χ1v) is 6.89. The molecule has 1 N–H and O–H groups in total. The zero-order valence-corrected chi connectivity index (χ0v) is 10.3. The van der Waals surface area contributed by atoms with E-state index in [0.29, 0.717) is 13.5 Å². The molecule has 0 radical (unpaired) electrons. The highest BCUT2D eigenvalue weighted by Gasteiger charge is 2.01. The maximum absolute atomic E-state index is 10.9. The highest BCUT2D eigenvalue weighted by Crippen LogP contribution is 2.12. The average molecular weight is 250 g/mol. The minimum absolute atomic E-state index is 0.459. The lowest BCUT2D eigenvalue weighted by Gasteiger charge is -2.03. The summed E-state index contributed by atoms with van der Waals surface area (Å²) in [6.07, 6.45) is 0. The highest BCUT2D eigenvalue weighted by molar-refractivity contribution is 7.79. The standard InChI is InChI=1S/C12H11O2PS/c13-16(14)12-8-4-7-11(9-12)15-10-5-2-1-3-6-10/h1-9,15H,(H,13,14). The minimum Gasteiger partial charge on any atom is -0.302 e. The molecule has 2 atom stereocenters. The van der Waals surface area contributed by atoms with Crippen molar-refractivity contribution in [2.45, 2.75) is 4.90 Å². The van der Waals surface area contributed by atoms with Crippen molar-refractivity contribution in [2.24, 2.45) is 0 Å². The van der Waals surface area contributed by atoms with Crippen molar-refractivity contribution < 1.29 is 8.76 Å². The summed E-state index contributed by atoms with van der Waals surface area (Å²) in [6.45, 7) is 0. The molecule has 2 unspecified atom stereocenters. The molecule has 16 heavy (non-hydrogen) atoms. The Morgan fingerprint density at radius 3 is 2.31 bits per heavy atom. The van der Waals surface area contributed by atoms with E-state index in [4.69, 9.17) is 4.55 Å². The monoisotopic (exact) mass is 250 g/mol. The summed E-state index contributed by atoms with van der Waals surface area (Å²) in [7, 11) is 0.520. The summed E-state index contributed by atoms with van der Waals surface area (Å²) in [5.74, 6) is 0. The Balaban J connectivity index is 2.22. The van der Waals surface area contributed by atoms with E-state index in [-0.39, 0.29) is 0 Å². The Morgan fingerprint density at radius 1 is 0.938 bits per heavy atom. The van der Waals surface area contributed by atoms with Crippen LogP contribution in [0.5, 0.6) is 0 Å². The Kier molecular flexibility index (Phi) is 3.83. The smallest absolute Gasteiger partial charge is 0.186 e. The first kappa shape index (κ1) is 11.5. The van der Waals surface area contributed by atoms with Crippen LogP contribution < -0.4 is 10.6 Å². The second kappa shape index (κ2) is 5.35. The third-order valence-corrected chi connectivity index (χ3v) is 3.98. The fourth-order valence-electron chi connectivity index (χ4n) is 1.37.